The molecule has 0 N–H and O–H groups in total. The van der Waals surface area contributed by atoms with Crippen molar-refractivity contribution in [2.24, 2.45) is 0 Å². The van der Waals surface area contributed by atoms with Crippen molar-refractivity contribution < 1.29 is 12.6 Å². The van der Waals surface area contributed by atoms with Gasteiger partial charge in [0, 0.05) is 0 Å². The summed E-state index contributed by atoms with van der Waals surface area (Å²) in [6.07, 6.45) is 1.11. The van der Waals surface area contributed by atoms with Crippen LogP contribution in [-0.4, -0.2) is 13.1 Å². The maximum Gasteiger partial charge on any atom is 0.315 e. The molecule has 3 nitrogen and oxygen atoms in total. The Hall–Kier alpha value is -0.780. The molecule has 0 spiro atoms. The summed E-state index contributed by atoms with van der Waals surface area (Å²) in [5.41, 5.74) is 3.33. The first-order valence-corrected chi connectivity index (χ1v) is 5.92. The Morgan fingerprint density at radius 2 is 1.88 bits per heavy atom. The number of halogens is 1. The standard InChI is InChI=1S/C12H15IO3/c1-8-6-10(4-5-11(14)16-13)7-9(2)12(8)15-3/h6-7H,4-5H2,1-3H3. The molecule has 16 heavy (non-hydrogen) atoms. The van der Waals surface area contributed by atoms with Gasteiger partial charge in [0.05, 0.1) is 13.5 Å². The van der Waals surface area contributed by atoms with Crippen LogP contribution in [0.15, 0.2) is 12.1 Å². The van der Waals surface area contributed by atoms with Crippen LogP contribution in [0.25, 0.3) is 0 Å². The molecule has 0 bridgehead atoms. The fraction of sp³-hybridized carbons (Fsp3) is 0.417. The Labute approximate surface area is 110 Å². The Bertz CT molecular complexity index is 365. The fourth-order valence-electron chi connectivity index (χ4n) is 1.79. The lowest BCUT2D eigenvalue weighted by atomic mass is 10.0. The van der Waals surface area contributed by atoms with Gasteiger partial charge in [-0.1, -0.05) is 12.1 Å². The van der Waals surface area contributed by atoms with E-state index < -0.39 is 0 Å². The molecular weight excluding hydrogens is 319 g/mol. The molecule has 88 valence electrons. The number of hydrogen-bond donors (Lipinski definition) is 0. The molecule has 0 aliphatic carbocycles. The summed E-state index contributed by atoms with van der Waals surface area (Å²) in [6, 6.07) is 4.10. The molecule has 0 saturated heterocycles. The Balaban J connectivity index is 2.79. The molecule has 0 aliphatic heterocycles. The van der Waals surface area contributed by atoms with E-state index in [0.29, 0.717) is 12.8 Å². The number of carbonyl (C=O) groups is 1. The zero-order chi connectivity index (χ0) is 12.1. The largest absolute Gasteiger partial charge is 0.496 e. The van der Waals surface area contributed by atoms with Gasteiger partial charge in [0.25, 0.3) is 0 Å². The molecule has 0 aromatic heterocycles. The molecule has 0 fully saturated rings. The van der Waals surface area contributed by atoms with Crippen LogP contribution in [0.4, 0.5) is 0 Å². The van der Waals surface area contributed by atoms with Crippen LogP contribution in [0.3, 0.4) is 0 Å². The minimum absolute atomic E-state index is 0.188. The van der Waals surface area contributed by atoms with Gasteiger partial charge in [-0.05, 0) is 37.0 Å². The van der Waals surface area contributed by atoms with Crippen LogP contribution in [0.1, 0.15) is 23.1 Å². The summed E-state index contributed by atoms with van der Waals surface area (Å²) >= 11 is 1.61. The van der Waals surface area contributed by atoms with Gasteiger partial charge in [-0.15, -0.1) is 0 Å². The average Bonchev–Trinajstić information content (AvgIpc) is 2.25. The Kier molecular flexibility index (Phi) is 5.05. The molecule has 0 amide bonds. The van der Waals surface area contributed by atoms with E-state index in [0.717, 1.165) is 22.4 Å². The number of carbonyl (C=O) groups excluding carboxylic acids is 1. The van der Waals surface area contributed by atoms with Crippen LogP contribution in [0.5, 0.6) is 5.75 Å². The topological polar surface area (TPSA) is 35.5 Å². The highest BCUT2D eigenvalue weighted by Crippen LogP contribution is 2.24. The van der Waals surface area contributed by atoms with E-state index in [2.05, 4.69) is 3.07 Å². The SMILES string of the molecule is COc1c(C)cc(CCC(=O)OI)cc1C. The third-order valence-electron chi connectivity index (χ3n) is 2.43. The molecule has 0 aliphatic rings. The van der Waals surface area contributed by atoms with Crippen molar-refractivity contribution in [1.29, 1.82) is 0 Å². The molecule has 0 unspecified atom stereocenters. The smallest absolute Gasteiger partial charge is 0.315 e. The molecule has 0 atom stereocenters. The number of rotatable bonds is 4. The first-order valence-electron chi connectivity index (χ1n) is 5.04. The summed E-state index contributed by atoms with van der Waals surface area (Å²) in [6.45, 7) is 4.01. The van der Waals surface area contributed by atoms with Gasteiger partial charge in [-0.2, -0.15) is 0 Å². The molecule has 1 aromatic carbocycles. The third-order valence-corrected chi connectivity index (χ3v) is 2.92. The van der Waals surface area contributed by atoms with Gasteiger partial charge in [0.2, 0.25) is 0 Å². The summed E-state index contributed by atoms with van der Waals surface area (Å²) in [5.74, 6) is 0.729. The summed E-state index contributed by atoms with van der Waals surface area (Å²) in [5, 5.41) is 0. The van der Waals surface area contributed by atoms with Gasteiger partial charge in [0.1, 0.15) is 5.75 Å². The molecule has 4 heteroatoms. The second-order valence-electron chi connectivity index (χ2n) is 3.71. The van der Waals surface area contributed by atoms with E-state index >= 15 is 0 Å². The van der Waals surface area contributed by atoms with Crippen LogP contribution in [0.2, 0.25) is 0 Å². The lowest BCUT2D eigenvalue weighted by molar-refractivity contribution is -0.131. The van der Waals surface area contributed by atoms with E-state index in [4.69, 9.17) is 4.74 Å². The predicted molar refractivity (Wildman–Crippen MR) is 70.9 cm³/mol. The van der Waals surface area contributed by atoms with Crippen molar-refractivity contribution >= 4 is 29.0 Å². The second kappa shape index (κ2) is 6.08. The van der Waals surface area contributed by atoms with Crippen molar-refractivity contribution in [3.05, 3.63) is 28.8 Å². The van der Waals surface area contributed by atoms with Crippen molar-refractivity contribution in [1.82, 2.24) is 0 Å². The van der Waals surface area contributed by atoms with Gasteiger partial charge >= 0.3 is 5.97 Å². The van der Waals surface area contributed by atoms with Gasteiger partial charge in [-0.25, -0.2) is 0 Å². The average molecular weight is 334 g/mol. The molecule has 0 radical (unpaired) electrons. The molecule has 1 rings (SSSR count). The van der Waals surface area contributed by atoms with Crippen LogP contribution in [-0.2, 0) is 14.3 Å². The summed E-state index contributed by atoms with van der Waals surface area (Å²) < 4.78 is 9.87. The van der Waals surface area contributed by atoms with Crippen LogP contribution >= 0.6 is 23.0 Å². The van der Waals surface area contributed by atoms with Crippen molar-refractivity contribution in [2.45, 2.75) is 26.7 Å². The molecule has 1 aromatic rings. The van der Waals surface area contributed by atoms with E-state index in [1.165, 1.54) is 0 Å². The fourth-order valence-corrected chi connectivity index (χ4v) is 2.01. The molecular formula is C12H15IO3. The van der Waals surface area contributed by atoms with Gasteiger partial charge < -0.3 is 7.80 Å². The lowest BCUT2D eigenvalue weighted by Crippen LogP contribution is -2.00. The summed E-state index contributed by atoms with van der Waals surface area (Å²) in [7, 11) is 1.67. The van der Waals surface area contributed by atoms with E-state index in [1.54, 1.807) is 30.1 Å². The minimum atomic E-state index is -0.188. The number of benzene rings is 1. The first kappa shape index (κ1) is 13.3. The van der Waals surface area contributed by atoms with Crippen LogP contribution < -0.4 is 4.74 Å². The van der Waals surface area contributed by atoms with Gasteiger partial charge in [-0.3, -0.25) is 4.79 Å². The number of hydrogen-bond acceptors (Lipinski definition) is 3. The van der Waals surface area contributed by atoms with E-state index in [-0.39, 0.29) is 5.97 Å². The predicted octanol–water partition coefficient (Wildman–Crippen LogP) is 3.14. The third kappa shape index (κ3) is 3.37. The van der Waals surface area contributed by atoms with E-state index in [1.807, 2.05) is 26.0 Å². The zero-order valence-corrected chi connectivity index (χ0v) is 11.8. The number of ether oxygens (including phenoxy) is 1. The highest BCUT2D eigenvalue weighted by atomic mass is 127. The van der Waals surface area contributed by atoms with E-state index in [9.17, 15) is 4.79 Å². The lowest BCUT2D eigenvalue weighted by Gasteiger charge is -2.10. The van der Waals surface area contributed by atoms with Crippen molar-refractivity contribution in [3.8, 4) is 5.75 Å². The van der Waals surface area contributed by atoms with Gasteiger partial charge in [0.15, 0.2) is 23.0 Å². The van der Waals surface area contributed by atoms with Crippen LogP contribution in [0, 0.1) is 13.8 Å². The number of aryl methyl sites for hydroxylation is 3. The highest BCUT2D eigenvalue weighted by Gasteiger charge is 2.07. The molecule has 0 heterocycles. The zero-order valence-electron chi connectivity index (χ0n) is 9.67. The maximum atomic E-state index is 11.0. The number of methoxy groups -OCH3 is 1. The maximum absolute atomic E-state index is 11.0. The highest BCUT2D eigenvalue weighted by molar-refractivity contribution is 14.1. The Morgan fingerprint density at radius 1 is 1.31 bits per heavy atom. The van der Waals surface area contributed by atoms with Crippen molar-refractivity contribution in [2.75, 3.05) is 7.11 Å². The first-order chi connectivity index (χ1) is 7.58. The summed E-state index contributed by atoms with van der Waals surface area (Å²) in [4.78, 5) is 11.0. The minimum Gasteiger partial charge on any atom is -0.496 e. The van der Waals surface area contributed by atoms with Crippen molar-refractivity contribution in [3.63, 3.8) is 0 Å². The Morgan fingerprint density at radius 3 is 2.31 bits per heavy atom. The normalized spacial score (nSPS) is 10.0. The monoisotopic (exact) mass is 334 g/mol. The second-order valence-corrected chi connectivity index (χ2v) is 4.15. The quantitative estimate of drug-likeness (QED) is 0.794. The molecule has 0 saturated carbocycles.